The van der Waals surface area contributed by atoms with E-state index >= 15 is 0 Å². The van der Waals surface area contributed by atoms with Crippen molar-refractivity contribution in [2.45, 2.75) is 13.0 Å². The molecular formula is C15H24ClNO3. The molecule has 1 N–H and O–H groups in total. The Hall–Kier alpha value is -0.650. The van der Waals surface area contributed by atoms with Crippen LogP contribution in [-0.2, 0) is 14.2 Å². The van der Waals surface area contributed by atoms with Crippen LogP contribution in [-0.4, -0.2) is 46.7 Å². The number of halogens is 1. The molecule has 1 rings (SSSR count). The van der Waals surface area contributed by atoms with E-state index in [0.29, 0.717) is 33.0 Å². The molecule has 114 valence electrons. The van der Waals surface area contributed by atoms with Gasteiger partial charge in [0.05, 0.1) is 33.0 Å². The fraction of sp³-hybridized carbons (Fsp3) is 0.600. The maximum Gasteiger partial charge on any atom is 0.0701 e. The fourth-order valence-electron chi connectivity index (χ4n) is 1.68. The van der Waals surface area contributed by atoms with Gasteiger partial charge in [-0.05, 0) is 24.6 Å². The molecule has 0 spiro atoms. The van der Waals surface area contributed by atoms with E-state index in [9.17, 15) is 0 Å². The predicted octanol–water partition coefficient (Wildman–Crippen LogP) is 2.67. The molecule has 0 unspecified atom stereocenters. The van der Waals surface area contributed by atoms with Crippen molar-refractivity contribution in [3.63, 3.8) is 0 Å². The molecule has 0 fully saturated rings. The van der Waals surface area contributed by atoms with Crippen LogP contribution in [0.15, 0.2) is 24.3 Å². The van der Waals surface area contributed by atoms with Gasteiger partial charge in [-0.1, -0.05) is 23.7 Å². The molecule has 0 bridgehead atoms. The Balaban J connectivity index is 1.99. The van der Waals surface area contributed by atoms with Gasteiger partial charge in [0.1, 0.15) is 0 Å². The molecule has 0 aromatic heterocycles. The van der Waals surface area contributed by atoms with E-state index in [1.165, 1.54) is 5.56 Å². The number of ether oxygens (including phenoxy) is 3. The van der Waals surface area contributed by atoms with Crippen LogP contribution in [0, 0.1) is 0 Å². The molecule has 0 aliphatic heterocycles. The molecule has 0 saturated heterocycles. The van der Waals surface area contributed by atoms with E-state index in [1.54, 1.807) is 7.11 Å². The molecule has 0 aliphatic carbocycles. The highest BCUT2D eigenvalue weighted by Crippen LogP contribution is 2.15. The van der Waals surface area contributed by atoms with Gasteiger partial charge >= 0.3 is 0 Å². The van der Waals surface area contributed by atoms with Crippen LogP contribution in [0.2, 0.25) is 5.02 Å². The summed E-state index contributed by atoms with van der Waals surface area (Å²) in [6, 6.07) is 8.16. The summed E-state index contributed by atoms with van der Waals surface area (Å²) in [5.41, 5.74) is 1.22. The van der Waals surface area contributed by atoms with Crippen molar-refractivity contribution >= 4 is 11.6 Å². The summed E-state index contributed by atoms with van der Waals surface area (Å²) < 4.78 is 15.6. The van der Waals surface area contributed by atoms with Crippen LogP contribution < -0.4 is 5.32 Å². The van der Waals surface area contributed by atoms with E-state index in [2.05, 4.69) is 12.2 Å². The lowest BCUT2D eigenvalue weighted by Crippen LogP contribution is -2.24. The first-order valence-electron chi connectivity index (χ1n) is 6.87. The third-order valence-electron chi connectivity index (χ3n) is 2.87. The minimum atomic E-state index is 0.286. The van der Waals surface area contributed by atoms with E-state index in [1.807, 2.05) is 24.3 Å². The maximum absolute atomic E-state index is 5.86. The van der Waals surface area contributed by atoms with Gasteiger partial charge in [0.15, 0.2) is 0 Å². The van der Waals surface area contributed by atoms with Gasteiger partial charge in [0.2, 0.25) is 0 Å². The zero-order valence-electron chi connectivity index (χ0n) is 12.2. The number of hydrogen-bond donors (Lipinski definition) is 1. The lowest BCUT2D eigenvalue weighted by molar-refractivity contribution is 0.0253. The van der Waals surface area contributed by atoms with Crippen molar-refractivity contribution < 1.29 is 14.2 Å². The van der Waals surface area contributed by atoms with Gasteiger partial charge in [-0.2, -0.15) is 0 Å². The molecule has 0 amide bonds. The van der Waals surface area contributed by atoms with Crippen LogP contribution in [0.4, 0.5) is 0 Å². The number of methoxy groups -OCH3 is 1. The summed E-state index contributed by atoms with van der Waals surface area (Å²) in [6.07, 6.45) is 0. The van der Waals surface area contributed by atoms with Gasteiger partial charge in [0, 0.05) is 24.7 Å². The van der Waals surface area contributed by atoms with Crippen LogP contribution in [0.5, 0.6) is 0 Å². The SMILES string of the molecule is COCCOCCOCCN[C@@H](C)c1ccc(Cl)cc1. The third-order valence-corrected chi connectivity index (χ3v) is 3.12. The molecule has 0 aliphatic rings. The molecule has 1 aromatic rings. The van der Waals surface area contributed by atoms with Crippen LogP contribution in [0.25, 0.3) is 0 Å². The van der Waals surface area contributed by atoms with Crippen molar-refractivity contribution in [2.75, 3.05) is 46.7 Å². The smallest absolute Gasteiger partial charge is 0.0701 e. The molecular weight excluding hydrogens is 278 g/mol. The van der Waals surface area contributed by atoms with Gasteiger partial charge in [-0.3, -0.25) is 0 Å². The predicted molar refractivity (Wildman–Crippen MR) is 81.4 cm³/mol. The van der Waals surface area contributed by atoms with E-state index in [4.69, 9.17) is 25.8 Å². The van der Waals surface area contributed by atoms with Gasteiger partial charge in [0.25, 0.3) is 0 Å². The summed E-state index contributed by atoms with van der Waals surface area (Å²) in [6.45, 7) is 6.06. The van der Waals surface area contributed by atoms with Gasteiger partial charge in [-0.15, -0.1) is 0 Å². The zero-order valence-corrected chi connectivity index (χ0v) is 13.0. The summed E-state index contributed by atoms with van der Waals surface area (Å²) in [5, 5.41) is 4.16. The fourth-order valence-corrected chi connectivity index (χ4v) is 1.81. The first kappa shape index (κ1) is 17.4. The number of benzene rings is 1. The van der Waals surface area contributed by atoms with Crippen molar-refractivity contribution in [1.29, 1.82) is 0 Å². The lowest BCUT2D eigenvalue weighted by atomic mass is 10.1. The van der Waals surface area contributed by atoms with Gasteiger partial charge < -0.3 is 19.5 Å². The number of rotatable bonds is 11. The first-order chi connectivity index (χ1) is 9.74. The molecule has 0 heterocycles. The Morgan fingerprint density at radius 2 is 1.60 bits per heavy atom. The largest absolute Gasteiger partial charge is 0.382 e. The van der Waals surface area contributed by atoms with Crippen LogP contribution >= 0.6 is 11.6 Å². The maximum atomic E-state index is 5.86. The van der Waals surface area contributed by atoms with Gasteiger partial charge in [-0.25, -0.2) is 0 Å². The second kappa shape index (κ2) is 11.1. The molecule has 5 heteroatoms. The molecule has 4 nitrogen and oxygen atoms in total. The molecule has 1 aromatic carbocycles. The monoisotopic (exact) mass is 301 g/mol. The minimum absolute atomic E-state index is 0.286. The summed E-state index contributed by atoms with van der Waals surface area (Å²) in [4.78, 5) is 0. The Morgan fingerprint density at radius 3 is 2.25 bits per heavy atom. The summed E-state index contributed by atoms with van der Waals surface area (Å²) in [5.74, 6) is 0. The third kappa shape index (κ3) is 7.82. The Morgan fingerprint density at radius 1 is 1.00 bits per heavy atom. The summed E-state index contributed by atoms with van der Waals surface area (Å²) in [7, 11) is 1.66. The highest BCUT2D eigenvalue weighted by molar-refractivity contribution is 6.30. The second-order valence-electron chi connectivity index (χ2n) is 4.44. The normalized spacial score (nSPS) is 12.6. The number of nitrogens with one attached hydrogen (secondary N) is 1. The van der Waals surface area contributed by atoms with E-state index < -0.39 is 0 Å². The van der Waals surface area contributed by atoms with Crippen molar-refractivity contribution in [3.8, 4) is 0 Å². The lowest BCUT2D eigenvalue weighted by Gasteiger charge is -2.14. The molecule has 0 radical (unpaired) electrons. The highest BCUT2D eigenvalue weighted by atomic mass is 35.5. The Labute approximate surface area is 126 Å². The summed E-state index contributed by atoms with van der Waals surface area (Å²) >= 11 is 5.86. The highest BCUT2D eigenvalue weighted by Gasteiger charge is 2.03. The first-order valence-corrected chi connectivity index (χ1v) is 7.25. The standard InChI is InChI=1S/C15H24ClNO3/c1-13(14-3-5-15(16)6-4-14)17-7-8-19-11-12-20-10-9-18-2/h3-6,13,17H,7-12H2,1-2H3/t13-/m0/s1. The Kier molecular flexibility index (Phi) is 9.62. The number of hydrogen-bond acceptors (Lipinski definition) is 4. The zero-order chi connectivity index (χ0) is 14.6. The average molecular weight is 302 g/mol. The van der Waals surface area contributed by atoms with E-state index in [-0.39, 0.29) is 6.04 Å². The van der Waals surface area contributed by atoms with E-state index in [0.717, 1.165) is 11.6 Å². The topological polar surface area (TPSA) is 39.7 Å². The molecule has 20 heavy (non-hydrogen) atoms. The second-order valence-corrected chi connectivity index (χ2v) is 4.88. The Bertz CT molecular complexity index is 345. The van der Waals surface area contributed by atoms with Crippen LogP contribution in [0.3, 0.4) is 0 Å². The molecule has 0 saturated carbocycles. The minimum Gasteiger partial charge on any atom is -0.382 e. The van der Waals surface area contributed by atoms with Crippen LogP contribution in [0.1, 0.15) is 18.5 Å². The molecule has 1 atom stereocenters. The van der Waals surface area contributed by atoms with Crippen molar-refractivity contribution in [3.05, 3.63) is 34.9 Å². The van der Waals surface area contributed by atoms with Crippen molar-refractivity contribution in [1.82, 2.24) is 5.32 Å². The van der Waals surface area contributed by atoms with Crippen molar-refractivity contribution in [2.24, 2.45) is 0 Å². The quantitative estimate of drug-likeness (QED) is 0.638. The average Bonchev–Trinajstić information content (AvgIpc) is 2.46.